The molecular formula is C22H13NO5S. The third kappa shape index (κ3) is 3.20. The number of benzene rings is 3. The summed E-state index contributed by atoms with van der Waals surface area (Å²) in [5.74, 6) is -1.11. The third-order valence-corrected chi connectivity index (χ3v) is 6.48. The molecule has 0 saturated carbocycles. The molecule has 0 saturated heterocycles. The maximum Gasteiger partial charge on any atom is 0.338 e. The van der Waals surface area contributed by atoms with Gasteiger partial charge >= 0.3 is 5.97 Å². The fourth-order valence-electron chi connectivity index (χ4n) is 3.12. The summed E-state index contributed by atoms with van der Waals surface area (Å²) in [6.07, 6.45) is 0. The van der Waals surface area contributed by atoms with Gasteiger partial charge in [0.15, 0.2) is 5.78 Å². The molecule has 3 aromatic rings. The number of nitriles is 1. The standard InChI is InChI=1S/C22H13NO5S/c23-12-14-5-7-15(8-6-14)13-28-22(25)16-9-10-18-20(11-16)29(26,27)19-4-2-1-3-17(19)21(18)24/h1-11H,13H2. The van der Waals surface area contributed by atoms with Crippen molar-refractivity contribution in [3.05, 3.63) is 94.5 Å². The lowest BCUT2D eigenvalue weighted by Gasteiger charge is -2.19. The van der Waals surface area contributed by atoms with Crippen molar-refractivity contribution in [1.29, 1.82) is 5.26 Å². The van der Waals surface area contributed by atoms with E-state index in [9.17, 15) is 18.0 Å². The fourth-order valence-corrected chi connectivity index (χ4v) is 4.80. The zero-order chi connectivity index (χ0) is 20.6. The quantitative estimate of drug-likeness (QED) is 0.487. The van der Waals surface area contributed by atoms with Gasteiger partial charge in [-0.05, 0) is 48.0 Å². The van der Waals surface area contributed by atoms with Crippen molar-refractivity contribution in [3.8, 4) is 6.07 Å². The van der Waals surface area contributed by atoms with Crippen LogP contribution in [0.4, 0.5) is 0 Å². The minimum atomic E-state index is -3.92. The zero-order valence-corrected chi connectivity index (χ0v) is 15.8. The maximum absolute atomic E-state index is 12.9. The molecule has 0 N–H and O–H groups in total. The van der Waals surface area contributed by atoms with E-state index in [-0.39, 0.29) is 33.1 Å². The lowest BCUT2D eigenvalue weighted by atomic mass is 10.0. The van der Waals surface area contributed by atoms with Crippen LogP contribution in [0, 0.1) is 11.3 Å². The molecule has 0 fully saturated rings. The Morgan fingerprint density at radius 3 is 2.34 bits per heavy atom. The molecule has 0 aromatic heterocycles. The molecule has 0 atom stereocenters. The molecule has 142 valence electrons. The van der Waals surface area contributed by atoms with E-state index in [0.717, 1.165) is 0 Å². The molecule has 0 amide bonds. The van der Waals surface area contributed by atoms with E-state index in [2.05, 4.69) is 0 Å². The normalized spacial score (nSPS) is 13.7. The number of carbonyl (C=O) groups is 2. The van der Waals surface area contributed by atoms with Crippen molar-refractivity contribution in [2.45, 2.75) is 16.4 Å². The largest absolute Gasteiger partial charge is 0.457 e. The number of fused-ring (bicyclic) bond motifs is 2. The first-order valence-corrected chi connectivity index (χ1v) is 10.1. The number of hydrogen-bond acceptors (Lipinski definition) is 6. The van der Waals surface area contributed by atoms with Gasteiger partial charge in [-0.1, -0.05) is 24.3 Å². The predicted octanol–water partition coefficient (Wildman–Crippen LogP) is 3.29. The van der Waals surface area contributed by atoms with Crippen LogP contribution in [-0.4, -0.2) is 20.2 Å². The average Bonchev–Trinajstić information content (AvgIpc) is 2.76. The summed E-state index contributed by atoms with van der Waals surface area (Å²) in [7, 11) is -3.92. The summed E-state index contributed by atoms with van der Waals surface area (Å²) in [4.78, 5) is 24.8. The molecule has 0 bridgehead atoms. The topological polar surface area (TPSA) is 101 Å². The predicted molar refractivity (Wildman–Crippen MR) is 102 cm³/mol. The van der Waals surface area contributed by atoms with Crippen LogP contribution in [0.15, 0.2) is 76.5 Å². The van der Waals surface area contributed by atoms with Crippen molar-refractivity contribution in [1.82, 2.24) is 0 Å². The second-order valence-corrected chi connectivity index (χ2v) is 8.31. The van der Waals surface area contributed by atoms with E-state index >= 15 is 0 Å². The minimum Gasteiger partial charge on any atom is -0.457 e. The molecular weight excluding hydrogens is 390 g/mol. The number of ether oxygens (including phenoxy) is 1. The Morgan fingerprint density at radius 2 is 1.62 bits per heavy atom. The Labute approximate surface area is 166 Å². The Hall–Kier alpha value is -3.76. The van der Waals surface area contributed by atoms with Gasteiger partial charge in [-0.25, -0.2) is 13.2 Å². The van der Waals surface area contributed by atoms with Crippen molar-refractivity contribution >= 4 is 21.6 Å². The molecule has 3 aromatic carbocycles. The van der Waals surface area contributed by atoms with Crippen LogP contribution in [0.3, 0.4) is 0 Å². The minimum absolute atomic E-state index is 0.0316. The van der Waals surface area contributed by atoms with E-state index < -0.39 is 21.6 Å². The van der Waals surface area contributed by atoms with Gasteiger partial charge in [0.05, 0.1) is 27.0 Å². The molecule has 29 heavy (non-hydrogen) atoms. The summed E-state index contributed by atoms with van der Waals surface area (Å²) in [6.45, 7) is -0.0316. The van der Waals surface area contributed by atoms with Gasteiger partial charge < -0.3 is 4.74 Å². The highest BCUT2D eigenvalue weighted by molar-refractivity contribution is 7.91. The van der Waals surface area contributed by atoms with E-state index in [1.165, 1.54) is 30.3 Å². The van der Waals surface area contributed by atoms with E-state index in [1.807, 2.05) is 6.07 Å². The maximum atomic E-state index is 12.9. The fraction of sp³-hybridized carbons (Fsp3) is 0.0455. The number of ketones is 1. The van der Waals surface area contributed by atoms with Crippen LogP contribution in [0.5, 0.6) is 0 Å². The Balaban J connectivity index is 1.62. The smallest absolute Gasteiger partial charge is 0.338 e. The molecule has 0 aliphatic carbocycles. The van der Waals surface area contributed by atoms with Crippen LogP contribution in [0.25, 0.3) is 0 Å². The monoisotopic (exact) mass is 403 g/mol. The first-order valence-electron chi connectivity index (χ1n) is 8.61. The number of hydrogen-bond donors (Lipinski definition) is 0. The van der Waals surface area contributed by atoms with E-state index in [1.54, 1.807) is 36.4 Å². The summed E-state index contributed by atoms with van der Waals surface area (Å²) in [5, 5.41) is 8.81. The van der Waals surface area contributed by atoms with Crippen molar-refractivity contribution in [3.63, 3.8) is 0 Å². The second-order valence-electron chi connectivity index (χ2n) is 6.42. The Morgan fingerprint density at radius 1 is 0.931 bits per heavy atom. The highest BCUT2D eigenvalue weighted by atomic mass is 32.2. The van der Waals surface area contributed by atoms with Gasteiger partial charge in [-0.15, -0.1) is 0 Å². The molecule has 1 heterocycles. The van der Waals surface area contributed by atoms with Crippen LogP contribution in [0.1, 0.15) is 37.4 Å². The molecule has 1 aliphatic heterocycles. The van der Waals surface area contributed by atoms with Gasteiger partial charge in [0.2, 0.25) is 9.84 Å². The highest BCUT2D eigenvalue weighted by Gasteiger charge is 2.35. The number of carbonyl (C=O) groups excluding carboxylic acids is 2. The summed E-state index contributed by atoms with van der Waals surface area (Å²) < 4.78 is 31.1. The van der Waals surface area contributed by atoms with Crippen molar-refractivity contribution in [2.24, 2.45) is 0 Å². The summed E-state index contributed by atoms with van der Waals surface area (Å²) >= 11 is 0. The second kappa shape index (κ2) is 7.00. The Kier molecular flexibility index (Phi) is 4.49. The van der Waals surface area contributed by atoms with Crippen molar-refractivity contribution in [2.75, 3.05) is 0 Å². The first kappa shape index (κ1) is 18.6. The number of sulfone groups is 1. The van der Waals surface area contributed by atoms with Crippen LogP contribution in [-0.2, 0) is 21.2 Å². The summed E-state index contributed by atoms with van der Waals surface area (Å²) in [5.41, 5.74) is 1.37. The van der Waals surface area contributed by atoms with Gasteiger partial charge in [-0.2, -0.15) is 5.26 Å². The van der Waals surface area contributed by atoms with E-state index in [4.69, 9.17) is 10.00 Å². The zero-order valence-electron chi connectivity index (χ0n) is 15.0. The lowest BCUT2D eigenvalue weighted by Crippen LogP contribution is -2.21. The van der Waals surface area contributed by atoms with Crippen LogP contribution >= 0.6 is 0 Å². The van der Waals surface area contributed by atoms with Gasteiger partial charge in [0.25, 0.3) is 0 Å². The third-order valence-electron chi connectivity index (χ3n) is 4.63. The molecule has 1 aliphatic rings. The Bertz CT molecular complexity index is 1300. The SMILES string of the molecule is N#Cc1ccc(COC(=O)c2ccc3c(c2)S(=O)(=O)c2ccccc2C3=O)cc1. The van der Waals surface area contributed by atoms with Crippen molar-refractivity contribution < 1.29 is 22.7 Å². The van der Waals surface area contributed by atoms with Gasteiger partial charge in [-0.3, -0.25) is 4.79 Å². The van der Waals surface area contributed by atoms with Crippen LogP contribution in [0.2, 0.25) is 0 Å². The highest BCUT2D eigenvalue weighted by Crippen LogP contribution is 2.34. The average molecular weight is 403 g/mol. The van der Waals surface area contributed by atoms with E-state index in [0.29, 0.717) is 11.1 Å². The number of nitrogens with zero attached hydrogens (tertiary/aromatic N) is 1. The lowest BCUT2D eigenvalue weighted by molar-refractivity contribution is 0.0472. The summed E-state index contributed by atoms with van der Waals surface area (Å²) in [6, 6.07) is 18.4. The molecule has 0 unspecified atom stereocenters. The molecule has 0 spiro atoms. The van der Waals surface area contributed by atoms with Crippen LogP contribution < -0.4 is 0 Å². The van der Waals surface area contributed by atoms with Gasteiger partial charge in [0, 0.05) is 11.1 Å². The first-order chi connectivity index (χ1) is 13.9. The molecule has 4 rings (SSSR count). The number of esters is 1. The van der Waals surface area contributed by atoms with Gasteiger partial charge in [0.1, 0.15) is 6.61 Å². The molecule has 6 nitrogen and oxygen atoms in total. The number of rotatable bonds is 3. The molecule has 0 radical (unpaired) electrons. The molecule has 7 heteroatoms.